The number of para-hydroxylation sites is 2. The Labute approximate surface area is 248 Å². The highest BCUT2D eigenvalue weighted by Crippen LogP contribution is 2.32. The number of aryl methyl sites for hydroxylation is 1. The summed E-state index contributed by atoms with van der Waals surface area (Å²) < 4.78 is 25.5. The second-order valence-corrected chi connectivity index (χ2v) is 12.2. The lowest BCUT2D eigenvalue weighted by Crippen LogP contribution is -2.57. The van der Waals surface area contributed by atoms with Crippen LogP contribution >= 0.6 is 0 Å². The number of methoxy groups -OCH3 is 1. The fraction of sp³-hybridized carbons (Fsp3) is 0.515. The van der Waals surface area contributed by atoms with Gasteiger partial charge in [-0.1, -0.05) is 36.4 Å². The fourth-order valence-electron chi connectivity index (χ4n) is 5.40. The molecule has 2 aliphatic rings. The van der Waals surface area contributed by atoms with E-state index in [0.717, 1.165) is 42.3 Å². The molecule has 5 rings (SSSR count). The van der Waals surface area contributed by atoms with Gasteiger partial charge < -0.3 is 33.3 Å². The Balaban J connectivity index is 1.35. The van der Waals surface area contributed by atoms with E-state index in [1.807, 2.05) is 68.1 Å². The minimum Gasteiger partial charge on any atom is -0.491 e. The van der Waals surface area contributed by atoms with E-state index in [0.29, 0.717) is 18.9 Å². The van der Waals surface area contributed by atoms with Crippen molar-refractivity contribution in [3.8, 4) is 5.75 Å². The zero-order valence-corrected chi connectivity index (χ0v) is 25.2. The maximum atomic E-state index is 14.2. The Morgan fingerprint density at radius 3 is 2.48 bits per heavy atom. The molecule has 1 aromatic heterocycles. The number of morpholine rings is 1. The summed E-state index contributed by atoms with van der Waals surface area (Å²) in [6.07, 6.45) is 3.24. The van der Waals surface area contributed by atoms with Gasteiger partial charge in [0.05, 0.1) is 13.1 Å². The van der Waals surface area contributed by atoms with E-state index in [-0.39, 0.29) is 31.6 Å². The third kappa shape index (κ3) is 7.63. The van der Waals surface area contributed by atoms with E-state index in [4.69, 9.17) is 18.9 Å². The first-order valence-corrected chi connectivity index (χ1v) is 14.9. The fourth-order valence-corrected chi connectivity index (χ4v) is 5.40. The molecule has 1 saturated carbocycles. The van der Waals surface area contributed by atoms with Gasteiger partial charge >= 0.3 is 6.09 Å². The minimum atomic E-state index is -0.814. The van der Waals surface area contributed by atoms with Crippen LogP contribution in [0.15, 0.2) is 60.8 Å². The largest absolute Gasteiger partial charge is 0.491 e. The quantitative estimate of drug-likeness (QED) is 0.290. The summed E-state index contributed by atoms with van der Waals surface area (Å²) in [4.78, 5) is 30.8. The standard InChI is InChI=1S/C33H43N3O6/c1-33(2,3)42-32(38)35-21-27(23-40-26-11-6-5-7-12-26)41-30(22-35)31(37)36(25-15-16-25)20-24-19-34(17-10-18-39-4)29-14-9-8-13-28(24)29/h5-9,11-14,19,25,27,30H,10,15-18,20-23H2,1-4H3/t27-,30+/m0/s1. The number of carbonyl (C=O) groups excluding carboxylic acids is 2. The monoisotopic (exact) mass is 577 g/mol. The zero-order valence-electron chi connectivity index (χ0n) is 25.2. The highest BCUT2D eigenvalue weighted by molar-refractivity contribution is 5.86. The first kappa shape index (κ1) is 29.9. The number of benzene rings is 2. The molecule has 2 aromatic carbocycles. The van der Waals surface area contributed by atoms with Crippen molar-refractivity contribution in [2.24, 2.45) is 0 Å². The van der Waals surface area contributed by atoms with Gasteiger partial charge in [-0.25, -0.2) is 4.79 Å². The van der Waals surface area contributed by atoms with Gasteiger partial charge in [-0.05, 0) is 63.8 Å². The molecule has 0 unspecified atom stereocenters. The van der Waals surface area contributed by atoms with Crippen LogP contribution in [0.25, 0.3) is 10.9 Å². The molecular weight excluding hydrogens is 534 g/mol. The zero-order chi connectivity index (χ0) is 29.7. The van der Waals surface area contributed by atoms with Crippen molar-refractivity contribution >= 4 is 22.9 Å². The molecule has 2 amide bonds. The Morgan fingerprint density at radius 2 is 1.76 bits per heavy atom. The Bertz CT molecular complexity index is 1350. The van der Waals surface area contributed by atoms with Crippen LogP contribution in [0.3, 0.4) is 0 Å². The van der Waals surface area contributed by atoms with Crippen molar-refractivity contribution in [3.05, 3.63) is 66.4 Å². The van der Waals surface area contributed by atoms with Gasteiger partial charge in [0.1, 0.15) is 24.1 Å². The SMILES string of the molecule is COCCCn1cc(CN(C(=O)[C@H]2CN(C(=O)OC(C)(C)C)C[C@@H](COc3ccccc3)O2)C2CC2)c2ccccc21. The van der Waals surface area contributed by atoms with Crippen LogP contribution in [0, 0.1) is 0 Å². The number of carbonyl (C=O) groups is 2. The molecule has 3 aromatic rings. The molecule has 2 atom stereocenters. The van der Waals surface area contributed by atoms with Crippen molar-refractivity contribution in [1.29, 1.82) is 0 Å². The summed E-state index contributed by atoms with van der Waals surface area (Å²) in [6.45, 7) is 8.16. The average molecular weight is 578 g/mol. The molecule has 2 heterocycles. The van der Waals surface area contributed by atoms with E-state index in [1.54, 1.807) is 12.0 Å². The molecule has 42 heavy (non-hydrogen) atoms. The summed E-state index contributed by atoms with van der Waals surface area (Å²) in [5, 5.41) is 1.14. The number of hydrogen-bond acceptors (Lipinski definition) is 6. The number of nitrogens with zero attached hydrogens (tertiary/aromatic N) is 3. The molecule has 2 fully saturated rings. The van der Waals surface area contributed by atoms with Gasteiger partial charge in [-0.3, -0.25) is 4.79 Å². The van der Waals surface area contributed by atoms with E-state index in [1.165, 1.54) is 0 Å². The van der Waals surface area contributed by atoms with Crippen LogP contribution < -0.4 is 4.74 Å². The molecule has 1 saturated heterocycles. The topological polar surface area (TPSA) is 82.5 Å². The molecule has 226 valence electrons. The Kier molecular flexibility index (Phi) is 9.38. The van der Waals surface area contributed by atoms with Crippen molar-refractivity contribution in [3.63, 3.8) is 0 Å². The smallest absolute Gasteiger partial charge is 0.410 e. The van der Waals surface area contributed by atoms with Crippen molar-refractivity contribution in [1.82, 2.24) is 14.4 Å². The van der Waals surface area contributed by atoms with Gasteiger partial charge in [0, 0.05) is 49.9 Å². The first-order valence-electron chi connectivity index (χ1n) is 14.9. The second kappa shape index (κ2) is 13.2. The molecule has 0 spiro atoms. The highest BCUT2D eigenvalue weighted by Gasteiger charge is 2.42. The Morgan fingerprint density at radius 1 is 1.02 bits per heavy atom. The first-order chi connectivity index (χ1) is 20.2. The van der Waals surface area contributed by atoms with Crippen LogP contribution in [0.2, 0.25) is 0 Å². The van der Waals surface area contributed by atoms with Crippen LogP contribution in [-0.2, 0) is 32.1 Å². The number of rotatable bonds is 11. The van der Waals surface area contributed by atoms with E-state index in [2.05, 4.69) is 22.9 Å². The highest BCUT2D eigenvalue weighted by atomic mass is 16.6. The average Bonchev–Trinajstić information content (AvgIpc) is 3.76. The number of hydrogen-bond donors (Lipinski definition) is 0. The summed E-state index contributed by atoms with van der Waals surface area (Å²) in [5.41, 5.74) is 1.60. The van der Waals surface area contributed by atoms with Crippen LogP contribution in [0.1, 0.15) is 45.6 Å². The number of aromatic nitrogens is 1. The maximum Gasteiger partial charge on any atom is 0.410 e. The third-order valence-electron chi connectivity index (χ3n) is 7.50. The summed E-state index contributed by atoms with van der Waals surface area (Å²) in [6, 6.07) is 17.9. The molecule has 1 aliphatic heterocycles. The predicted molar refractivity (Wildman–Crippen MR) is 160 cm³/mol. The van der Waals surface area contributed by atoms with Gasteiger partial charge in [0.2, 0.25) is 0 Å². The van der Waals surface area contributed by atoms with Crippen LogP contribution in [-0.4, -0.2) is 83.6 Å². The van der Waals surface area contributed by atoms with Crippen molar-refractivity contribution in [2.75, 3.05) is 33.4 Å². The predicted octanol–water partition coefficient (Wildman–Crippen LogP) is 5.25. The maximum absolute atomic E-state index is 14.2. The third-order valence-corrected chi connectivity index (χ3v) is 7.50. The van der Waals surface area contributed by atoms with Gasteiger partial charge in [0.25, 0.3) is 5.91 Å². The lowest BCUT2D eigenvalue weighted by atomic mass is 10.1. The van der Waals surface area contributed by atoms with Crippen LogP contribution in [0.4, 0.5) is 4.79 Å². The van der Waals surface area contributed by atoms with Crippen molar-refractivity contribution < 1.29 is 28.5 Å². The summed E-state index contributed by atoms with van der Waals surface area (Å²) >= 11 is 0. The number of ether oxygens (including phenoxy) is 4. The molecular formula is C33H43N3O6. The van der Waals surface area contributed by atoms with Crippen molar-refractivity contribution in [2.45, 2.75) is 77.0 Å². The Hall–Kier alpha value is -3.56. The molecule has 9 heteroatoms. The lowest BCUT2D eigenvalue weighted by Gasteiger charge is -2.39. The lowest BCUT2D eigenvalue weighted by molar-refractivity contribution is -0.160. The number of amides is 2. The number of fused-ring (bicyclic) bond motifs is 1. The minimum absolute atomic E-state index is 0.105. The van der Waals surface area contributed by atoms with E-state index >= 15 is 0 Å². The second-order valence-electron chi connectivity index (χ2n) is 12.2. The molecule has 0 bridgehead atoms. The van der Waals surface area contributed by atoms with E-state index in [9.17, 15) is 9.59 Å². The molecule has 1 aliphatic carbocycles. The molecule has 0 N–H and O–H groups in total. The van der Waals surface area contributed by atoms with Gasteiger partial charge in [0.15, 0.2) is 6.10 Å². The van der Waals surface area contributed by atoms with E-state index < -0.39 is 23.9 Å². The van der Waals surface area contributed by atoms with Gasteiger partial charge in [-0.2, -0.15) is 0 Å². The van der Waals surface area contributed by atoms with Gasteiger partial charge in [-0.15, -0.1) is 0 Å². The molecule has 0 radical (unpaired) electrons. The van der Waals surface area contributed by atoms with Crippen LogP contribution in [0.5, 0.6) is 5.75 Å². The normalized spacial score (nSPS) is 19.1. The summed E-state index contributed by atoms with van der Waals surface area (Å²) in [7, 11) is 1.72. The summed E-state index contributed by atoms with van der Waals surface area (Å²) in [5.74, 6) is 0.603. The molecule has 9 nitrogen and oxygen atoms in total.